The monoisotopic (exact) mass is 297 g/mol. The van der Waals surface area contributed by atoms with Gasteiger partial charge in [-0.15, -0.1) is 0 Å². The Morgan fingerprint density at radius 1 is 1.29 bits per heavy atom. The molecule has 0 bridgehead atoms. The molecule has 0 aliphatic carbocycles. The number of rotatable bonds is 5. The maximum Gasteiger partial charge on any atom is 0.399 e. The first-order valence-electron chi connectivity index (χ1n) is 5.87. The van der Waals surface area contributed by atoms with E-state index in [-0.39, 0.29) is 23.4 Å². The van der Waals surface area contributed by atoms with Crippen LogP contribution in [0.15, 0.2) is 36.9 Å². The molecule has 2 aromatic heterocycles. The second-order valence-corrected chi connectivity index (χ2v) is 4.07. The number of pyridine rings is 1. The van der Waals surface area contributed by atoms with Crippen molar-refractivity contribution < 1.29 is 22.7 Å². The first-order valence-corrected chi connectivity index (χ1v) is 5.87. The first kappa shape index (κ1) is 14.9. The van der Waals surface area contributed by atoms with Gasteiger partial charge in [0, 0.05) is 18.0 Å². The smallest absolute Gasteiger partial charge is 0.399 e. The third kappa shape index (κ3) is 3.53. The Morgan fingerprint density at radius 2 is 2.10 bits per heavy atom. The van der Waals surface area contributed by atoms with Crippen molar-refractivity contribution in [2.75, 3.05) is 6.61 Å². The molecule has 0 aliphatic heterocycles. The Bertz CT molecular complexity index is 605. The summed E-state index contributed by atoms with van der Waals surface area (Å²) in [6, 6.07) is 4.82. The van der Waals surface area contributed by atoms with Crippen LogP contribution in [0.2, 0.25) is 0 Å². The van der Waals surface area contributed by atoms with E-state index in [1.807, 2.05) is 0 Å². The molecule has 0 spiro atoms. The van der Waals surface area contributed by atoms with Gasteiger partial charge in [0.25, 0.3) is 6.47 Å². The van der Waals surface area contributed by atoms with Crippen LogP contribution in [0.1, 0.15) is 11.5 Å². The van der Waals surface area contributed by atoms with Gasteiger partial charge in [-0.25, -0.2) is 9.97 Å². The second kappa shape index (κ2) is 6.29. The van der Waals surface area contributed by atoms with Crippen molar-refractivity contribution in [2.45, 2.75) is 12.1 Å². The highest BCUT2D eigenvalue weighted by molar-refractivity contribution is 5.59. The second-order valence-electron chi connectivity index (χ2n) is 4.07. The molecular formula is C13H10F3N3O2. The largest absolute Gasteiger partial charge is 0.467 e. The van der Waals surface area contributed by atoms with Gasteiger partial charge in [-0.1, -0.05) is 6.07 Å². The summed E-state index contributed by atoms with van der Waals surface area (Å²) in [5.41, 5.74) is 0.156. The zero-order valence-corrected chi connectivity index (χ0v) is 10.6. The number of ether oxygens (including phenoxy) is 1. The van der Waals surface area contributed by atoms with E-state index in [1.54, 1.807) is 18.2 Å². The quantitative estimate of drug-likeness (QED) is 0.793. The first-order chi connectivity index (χ1) is 10.0. The molecule has 2 rings (SSSR count). The van der Waals surface area contributed by atoms with Crippen molar-refractivity contribution in [3.05, 3.63) is 42.5 Å². The molecule has 2 aromatic rings. The number of hydrogen-bond acceptors (Lipinski definition) is 5. The topological polar surface area (TPSA) is 65.0 Å². The van der Waals surface area contributed by atoms with Gasteiger partial charge in [0.15, 0.2) is 0 Å². The van der Waals surface area contributed by atoms with Gasteiger partial charge in [-0.2, -0.15) is 13.2 Å². The Morgan fingerprint density at radius 3 is 2.71 bits per heavy atom. The Hall–Kier alpha value is -2.51. The lowest BCUT2D eigenvalue weighted by atomic mass is 9.97. The highest BCUT2D eigenvalue weighted by Gasteiger charge is 2.43. The van der Waals surface area contributed by atoms with Gasteiger partial charge >= 0.3 is 6.18 Å². The summed E-state index contributed by atoms with van der Waals surface area (Å²) in [5.74, 6) is -2.01. The molecule has 2 heterocycles. The van der Waals surface area contributed by atoms with Crippen LogP contribution in [0.4, 0.5) is 13.2 Å². The molecule has 110 valence electrons. The number of halogens is 3. The van der Waals surface area contributed by atoms with E-state index in [0.717, 1.165) is 12.5 Å². The summed E-state index contributed by atoms with van der Waals surface area (Å²) >= 11 is 0. The molecule has 0 radical (unpaired) electrons. The average Bonchev–Trinajstić information content (AvgIpc) is 2.48. The molecule has 8 heteroatoms. The van der Waals surface area contributed by atoms with E-state index >= 15 is 0 Å². The fraction of sp³-hybridized carbons (Fsp3) is 0.231. The number of hydrogen-bond donors (Lipinski definition) is 0. The van der Waals surface area contributed by atoms with Crippen LogP contribution < -0.4 is 0 Å². The average molecular weight is 297 g/mol. The molecule has 21 heavy (non-hydrogen) atoms. The van der Waals surface area contributed by atoms with Crippen LogP contribution >= 0.6 is 0 Å². The van der Waals surface area contributed by atoms with Gasteiger partial charge in [0.05, 0.1) is 11.4 Å². The molecule has 0 aromatic carbocycles. The molecule has 0 saturated carbocycles. The lowest BCUT2D eigenvalue weighted by Gasteiger charge is -2.20. The van der Waals surface area contributed by atoms with Gasteiger partial charge in [-0.3, -0.25) is 9.78 Å². The minimum Gasteiger partial charge on any atom is -0.467 e. The zero-order valence-electron chi connectivity index (χ0n) is 10.6. The molecular weight excluding hydrogens is 287 g/mol. The Kier molecular flexibility index (Phi) is 4.46. The normalized spacial score (nSPS) is 12.7. The molecule has 0 aliphatic rings. The summed E-state index contributed by atoms with van der Waals surface area (Å²) in [6.07, 6.45) is -0.951. The highest BCUT2D eigenvalue weighted by Crippen LogP contribution is 2.38. The standard InChI is InChI=1S/C13H10F3N3O2/c14-13(15,16)10(6-21-8-20)9-5-17-7-19-12(9)11-3-1-2-4-18-11/h1-5,7-8,10H,6H2. The number of carbonyl (C=O) groups is 1. The molecule has 1 atom stereocenters. The zero-order chi connectivity index (χ0) is 15.3. The third-order valence-electron chi connectivity index (χ3n) is 2.75. The summed E-state index contributed by atoms with van der Waals surface area (Å²) in [4.78, 5) is 21.7. The van der Waals surface area contributed by atoms with Crippen molar-refractivity contribution in [1.29, 1.82) is 0 Å². The van der Waals surface area contributed by atoms with E-state index in [4.69, 9.17) is 0 Å². The molecule has 0 amide bonds. The summed E-state index contributed by atoms with van der Waals surface area (Å²) in [5, 5.41) is 0. The van der Waals surface area contributed by atoms with Gasteiger partial charge in [-0.05, 0) is 12.1 Å². The van der Waals surface area contributed by atoms with Crippen LogP contribution in [0, 0.1) is 0 Å². The summed E-state index contributed by atoms with van der Waals surface area (Å²) < 4.78 is 43.7. The van der Waals surface area contributed by atoms with Crippen LogP contribution in [0.5, 0.6) is 0 Å². The van der Waals surface area contributed by atoms with E-state index in [2.05, 4.69) is 19.7 Å². The predicted octanol–water partition coefficient (Wildman–Crippen LogP) is 2.36. The lowest BCUT2D eigenvalue weighted by molar-refractivity contribution is -0.164. The highest BCUT2D eigenvalue weighted by atomic mass is 19.4. The fourth-order valence-corrected chi connectivity index (χ4v) is 1.81. The van der Waals surface area contributed by atoms with Crippen LogP contribution in [-0.4, -0.2) is 34.2 Å². The van der Waals surface area contributed by atoms with Crippen molar-refractivity contribution >= 4 is 6.47 Å². The maximum absolute atomic E-state index is 13.2. The SMILES string of the molecule is O=COCC(c1cncnc1-c1ccccn1)C(F)(F)F. The van der Waals surface area contributed by atoms with E-state index in [1.165, 1.54) is 6.20 Å². The van der Waals surface area contributed by atoms with E-state index in [0.29, 0.717) is 0 Å². The minimum atomic E-state index is -4.60. The Balaban J connectivity index is 2.48. The van der Waals surface area contributed by atoms with Gasteiger partial charge in [0.1, 0.15) is 18.9 Å². The van der Waals surface area contributed by atoms with Crippen LogP contribution in [0.3, 0.4) is 0 Å². The predicted molar refractivity (Wildman–Crippen MR) is 66.1 cm³/mol. The minimum absolute atomic E-state index is 0.0248. The molecule has 5 nitrogen and oxygen atoms in total. The van der Waals surface area contributed by atoms with Gasteiger partial charge < -0.3 is 4.74 Å². The molecule has 1 unspecified atom stereocenters. The van der Waals surface area contributed by atoms with E-state index in [9.17, 15) is 18.0 Å². The van der Waals surface area contributed by atoms with Crippen molar-refractivity contribution in [3.63, 3.8) is 0 Å². The molecule has 0 fully saturated rings. The summed E-state index contributed by atoms with van der Waals surface area (Å²) in [6.45, 7) is -0.858. The molecule has 0 saturated heterocycles. The number of aromatic nitrogens is 3. The lowest BCUT2D eigenvalue weighted by Crippen LogP contribution is -2.26. The number of nitrogens with zero attached hydrogens (tertiary/aromatic N) is 3. The van der Waals surface area contributed by atoms with E-state index < -0.39 is 18.7 Å². The van der Waals surface area contributed by atoms with Crippen molar-refractivity contribution in [3.8, 4) is 11.4 Å². The maximum atomic E-state index is 13.2. The number of carbonyl (C=O) groups excluding carboxylic acids is 1. The fourth-order valence-electron chi connectivity index (χ4n) is 1.81. The summed E-state index contributed by atoms with van der Waals surface area (Å²) in [7, 11) is 0. The molecule has 0 N–H and O–H groups in total. The third-order valence-corrected chi connectivity index (χ3v) is 2.75. The van der Waals surface area contributed by atoms with Crippen LogP contribution in [0.25, 0.3) is 11.4 Å². The van der Waals surface area contributed by atoms with Crippen molar-refractivity contribution in [2.24, 2.45) is 0 Å². The van der Waals surface area contributed by atoms with Crippen LogP contribution in [-0.2, 0) is 9.53 Å². The Labute approximate surface area is 117 Å². The van der Waals surface area contributed by atoms with Crippen molar-refractivity contribution in [1.82, 2.24) is 15.0 Å². The van der Waals surface area contributed by atoms with Gasteiger partial charge in [0.2, 0.25) is 0 Å². The number of alkyl halides is 3.